The number of rotatable bonds is 8. The maximum atomic E-state index is 13.2. The van der Waals surface area contributed by atoms with E-state index in [9.17, 15) is 19.2 Å². The van der Waals surface area contributed by atoms with Gasteiger partial charge in [0.2, 0.25) is 5.91 Å². The minimum atomic E-state index is -0.621. The van der Waals surface area contributed by atoms with Gasteiger partial charge in [-0.15, -0.1) is 11.3 Å². The van der Waals surface area contributed by atoms with E-state index in [1.807, 2.05) is 0 Å². The fraction of sp³-hybridized carbons (Fsp3) is 0.240. The average Bonchev–Trinajstić information content (AvgIpc) is 3.24. The van der Waals surface area contributed by atoms with Crippen molar-refractivity contribution in [2.45, 2.75) is 32.2 Å². The molecule has 2 heterocycles. The Kier molecular flexibility index (Phi) is 7.51. The van der Waals surface area contributed by atoms with E-state index in [0.717, 1.165) is 41.7 Å². The molecule has 180 valence electrons. The van der Waals surface area contributed by atoms with E-state index < -0.39 is 11.8 Å². The van der Waals surface area contributed by atoms with Crippen molar-refractivity contribution in [3.8, 4) is 0 Å². The van der Waals surface area contributed by atoms with Gasteiger partial charge >= 0.3 is 0 Å². The molecule has 1 aromatic carbocycles. The van der Waals surface area contributed by atoms with Crippen LogP contribution >= 0.6 is 11.3 Å². The highest BCUT2D eigenvalue weighted by Gasteiger charge is 2.26. The molecule has 1 aliphatic carbocycles. The molecule has 0 aliphatic heterocycles. The fourth-order valence-electron chi connectivity index (χ4n) is 3.88. The van der Waals surface area contributed by atoms with Crippen LogP contribution in [0.2, 0.25) is 0 Å². The Balaban J connectivity index is 1.46. The number of pyridine rings is 1. The summed E-state index contributed by atoms with van der Waals surface area (Å²) < 4.78 is 0. The molecule has 3 aromatic rings. The molecule has 9 nitrogen and oxygen atoms in total. The topological polar surface area (TPSA) is 143 Å². The molecule has 0 saturated heterocycles. The number of carbonyl (C=O) groups excluding carboxylic acids is 4. The van der Waals surface area contributed by atoms with Gasteiger partial charge in [0.05, 0.1) is 17.7 Å². The molecule has 0 atom stereocenters. The third kappa shape index (κ3) is 5.90. The van der Waals surface area contributed by atoms with Gasteiger partial charge in [0.1, 0.15) is 5.00 Å². The van der Waals surface area contributed by atoms with Gasteiger partial charge in [-0.25, -0.2) is 0 Å². The highest BCUT2D eigenvalue weighted by molar-refractivity contribution is 7.17. The summed E-state index contributed by atoms with van der Waals surface area (Å²) >= 11 is 1.46. The fourth-order valence-corrected chi connectivity index (χ4v) is 5.16. The molecule has 0 bridgehead atoms. The number of aromatic nitrogens is 1. The molecule has 0 radical (unpaired) electrons. The molecular weight excluding hydrogens is 466 g/mol. The lowest BCUT2D eigenvalue weighted by Crippen LogP contribution is -2.33. The van der Waals surface area contributed by atoms with Crippen LogP contribution in [0.5, 0.6) is 0 Å². The van der Waals surface area contributed by atoms with E-state index in [4.69, 9.17) is 5.73 Å². The molecule has 4 amide bonds. The Morgan fingerprint density at radius 2 is 1.69 bits per heavy atom. The van der Waals surface area contributed by atoms with E-state index in [-0.39, 0.29) is 24.9 Å². The molecule has 10 heteroatoms. The number of nitrogens with two attached hydrogens (primary N) is 1. The van der Waals surface area contributed by atoms with Crippen LogP contribution in [0.1, 0.15) is 59.9 Å². The maximum absolute atomic E-state index is 13.2. The smallest absolute Gasteiger partial charge is 0.257 e. The second-order valence-electron chi connectivity index (χ2n) is 8.14. The predicted molar refractivity (Wildman–Crippen MR) is 132 cm³/mol. The van der Waals surface area contributed by atoms with Crippen molar-refractivity contribution in [1.82, 2.24) is 15.6 Å². The molecule has 2 aromatic heterocycles. The number of amides is 4. The molecule has 1 aliphatic rings. The summed E-state index contributed by atoms with van der Waals surface area (Å²) in [4.78, 5) is 53.9. The van der Waals surface area contributed by atoms with Gasteiger partial charge in [-0.05, 0) is 61.1 Å². The Labute approximate surface area is 206 Å². The summed E-state index contributed by atoms with van der Waals surface area (Å²) in [7, 11) is 0. The van der Waals surface area contributed by atoms with Gasteiger partial charge in [0.15, 0.2) is 0 Å². The average molecular weight is 492 g/mol. The zero-order valence-corrected chi connectivity index (χ0v) is 19.7. The number of thiophene rings is 1. The second-order valence-corrected chi connectivity index (χ2v) is 9.24. The first-order valence-electron chi connectivity index (χ1n) is 11.2. The number of fused-ring (bicyclic) bond motifs is 1. The maximum Gasteiger partial charge on any atom is 0.257 e. The third-order valence-electron chi connectivity index (χ3n) is 5.64. The lowest BCUT2D eigenvalue weighted by molar-refractivity contribution is -0.117. The Morgan fingerprint density at radius 3 is 2.40 bits per heavy atom. The van der Waals surface area contributed by atoms with Crippen molar-refractivity contribution in [2.75, 3.05) is 11.9 Å². The van der Waals surface area contributed by atoms with Crippen molar-refractivity contribution < 1.29 is 19.2 Å². The molecule has 4 rings (SSSR count). The van der Waals surface area contributed by atoms with E-state index in [0.29, 0.717) is 21.7 Å². The first kappa shape index (κ1) is 24.1. The first-order valence-corrected chi connectivity index (χ1v) is 12.0. The number of hydrogen-bond donors (Lipinski definition) is 4. The van der Waals surface area contributed by atoms with Crippen LogP contribution in [0, 0.1) is 0 Å². The van der Waals surface area contributed by atoms with Crippen LogP contribution in [-0.2, 0) is 24.2 Å². The quantitative estimate of drug-likeness (QED) is 0.383. The zero-order valence-electron chi connectivity index (χ0n) is 18.9. The first-order chi connectivity index (χ1) is 16.9. The number of carbonyl (C=O) groups is 4. The van der Waals surface area contributed by atoms with E-state index in [1.54, 1.807) is 42.6 Å². The number of hydrogen-bond acceptors (Lipinski definition) is 6. The number of nitrogens with one attached hydrogen (secondary N) is 3. The normalized spacial score (nSPS) is 12.3. The van der Waals surface area contributed by atoms with Gasteiger partial charge in [0, 0.05) is 29.4 Å². The number of anilines is 1. The SMILES string of the molecule is NC(=O)CNC(=O)c1ccc(CNC(=O)c2c(NC(=O)c3cccnc3)sc3c2CCCC3)cc1. The molecule has 0 fully saturated rings. The summed E-state index contributed by atoms with van der Waals surface area (Å²) in [6.45, 7) is 0.0177. The molecule has 0 spiro atoms. The van der Waals surface area contributed by atoms with Gasteiger partial charge < -0.3 is 21.7 Å². The highest BCUT2D eigenvalue weighted by atomic mass is 32.1. The summed E-state index contributed by atoms with van der Waals surface area (Å²) in [5.74, 6) is -1.59. The molecule has 0 unspecified atom stereocenters. The van der Waals surface area contributed by atoms with E-state index >= 15 is 0 Å². The number of benzene rings is 1. The zero-order chi connectivity index (χ0) is 24.8. The standard InChI is InChI=1S/C25H25N5O4S/c26-20(31)14-29-22(32)16-9-7-15(8-10-16)12-28-24(34)21-18-5-1-2-6-19(18)35-25(21)30-23(33)17-4-3-11-27-13-17/h3-4,7-11,13H,1-2,5-6,12,14H2,(H2,26,31)(H,28,34)(H,29,32)(H,30,33). The van der Waals surface area contributed by atoms with Crippen molar-refractivity contribution >= 4 is 40.0 Å². The molecule has 5 N–H and O–H groups in total. The summed E-state index contributed by atoms with van der Waals surface area (Å²) in [6.07, 6.45) is 6.83. The number of aryl methyl sites for hydroxylation is 1. The van der Waals surface area contributed by atoms with Gasteiger partial charge in [-0.2, -0.15) is 0 Å². The second kappa shape index (κ2) is 10.9. The number of nitrogens with zero attached hydrogens (tertiary/aromatic N) is 1. The van der Waals surface area contributed by atoms with E-state index in [2.05, 4.69) is 20.9 Å². The summed E-state index contributed by atoms with van der Waals surface area (Å²) in [6, 6.07) is 10.1. The van der Waals surface area contributed by atoms with Gasteiger partial charge in [-0.3, -0.25) is 24.2 Å². The van der Waals surface area contributed by atoms with Crippen LogP contribution in [0.25, 0.3) is 0 Å². The lowest BCUT2D eigenvalue weighted by Gasteiger charge is -2.13. The lowest BCUT2D eigenvalue weighted by atomic mass is 9.95. The van der Waals surface area contributed by atoms with Crippen LogP contribution in [-0.4, -0.2) is 35.2 Å². The van der Waals surface area contributed by atoms with Crippen molar-refractivity contribution in [2.24, 2.45) is 5.73 Å². The van der Waals surface area contributed by atoms with Crippen molar-refractivity contribution in [3.05, 3.63) is 81.5 Å². The summed E-state index contributed by atoms with van der Waals surface area (Å²) in [5, 5.41) is 8.82. The largest absolute Gasteiger partial charge is 0.368 e. The minimum Gasteiger partial charge on any atom is -0.368 e. The van der Waals surface area contributed by atoms with Gasteiger partial charge in [-0.1, -0.05) is 12.1 Å². The summed E-state index contributed by atoms with van der Waals surface area (Å²) in [5.41, 5.74) is 8.17. The van der Waals surface area contributed by atoms with Crippen LogP contribution < -0.4 is 21.7 Å². The minimum absolute atomic E-state index is 0.235. The highest BCUT2D eigenvalue weighted by Crippen LogP contribution is 2.38. The molecule has 35 heavy (non-hydrogen) atoms. The third-order valence-corrected chi connectivity index (χ3v) is 6.85. The van der Waals surface area contributed by atoms with Crippen LogP contribution in [0.15, 0.2) is 48.8 Å². The monoisotopic (exact) mass is 491 g/mol. The van der Waals surface area contributed by atoms with Crippen LogP contribution in [0.4, 0.5) is 5.00 Å². The molecule has 0 saturated carbocycles. The molecular formula is C25H25N5O4S. The van der Waals surface area contributed by atoms with Crippen molar-refractivity contribution in [1.29, 1.82) is 0 Å². The van der Waals surface area contributed by atoms with Crippen LogP contribution in [0.3, 0.4) is 0 Å². The number of primary amides is 1. The van der Waals surface area contributed by atoms with E-state index in [1.165, 1.54) is 17.5 Å². The van der Waals surface area contributed by atoms with Gasteiger partial charge in [0.25, 0.3) is 17.7 Å². The predicted octanol–water partition coefficient (Wildman–Crippen LogP) is 2.42. The van der Waals surface area contributed by atoms with Crippen molar-refractivity contribution in [3.63, 3.8) is 0 Å². The Bertz CT molecular complexity index is 1250. The Hall–Kier alpha value is -4.05. The Morgan fingerprint density at radius 1 is 0.914 bits per heavy atom.